The van der Waals surface area contributed by atoms with Gasteiger partial charge in [0.2, 0.25) is 5.90 Å². The fourth-order valence-corrected chi connectivity index (χ4v) is 2.60. The van der Waals surface area contributed by atoms with Crippen molar-refractivity contribution in [1.29, 1.82) is 0 Å². The van der Waals surface area contributed by atoms with E-state index in [-0.39, 0.29) is 0 Å². The number of aliphatic imine (C=N–C) groups is 1. The lowest BCUT2D eigenvalue weighted by atomic mass is 10.0. The fourth-order valence-electron chi connectivity index (χ4n) is 2.48. The molecular weight excluding hydrogens is 310 g/mol. The van der Waals surface area contributed by atoms with Crippen LogP contribution in [0.2, 0.25) is 5.02 Å². The van der Waals surface area contributed by atoms with Crippen LogP contribution in [0.15, 0.2) is 65.7 Å². The molecule has 0 unspecified atom stereocenters. The smallest absolute Gasteiger partial charge is 0.225 e. The van der Waals surface area contributed by atoms with Gasteiger partial charge in [-0.15, -0.1) is 0 Å². The minimum absolute atomic E-state index is 0.501. The summed E-state index contributed by atoms with van der Waals surface area (Å²) in [4.78, 5) is 4.60. The summed E-state index contributed by atoms with van der Waals surface area (Å²) < 4.78 is 11.1. The first-order valence-electron chi connectivity index (χ1n) is 7.17. The van der Waals surface area contributed by atoms with Crippen LogP contribution in [-0.4, -0.2) is 20.1 Å². The fraction of sp³-hybridized carbons (Fsp3) is 0.105. The van der Waals surface area contributed by atoms with Crippen LogP contribution in [0.25, 0.3) is 10.8 Å². The molecule has 0 aliphatic rings. The number of fused-ring (bicyclic) bond motifs is 1. The van der Waals surface area contributed by atoms with Gasteiger partial charge in [-0.2, -0.15) is 0 Å². The van der Waals surface area contributed by atoms with Crippen LogP contribution >= 0.6 is 11.6 Å². The second-order valence-electron chi connectivity index (χ2n) is 4.96. The van der Waals surface area contributed by atoms with E-state index < -0.39 is 0 Å². The molecule has 0 fully saturated rings. The normalized spacial score (nSPS) is 11.5. The van der Waals surface area contributed by atoms with Gasteiger partial charge in [0.15, 0.2) is 0 Å². The molecule has 4 heteroatoms. The van der Waals surface area contributed by atoms with Gasteiger partial charge < -0.3 is 9.47 Å². The highest BCUT2D eigenvalue weighted by molar-refractivity contribution is 6.30. The summed E-state index contributed by atoms with van der Waals surface area (Å²) in [5, 5.41) is 2.80. The number of rotatable bonds is 3. The number of hydrogen-bond acceptors (Lipinski definition) is 3. The summed E-state index contributed by atoms with van der Waals surface area (Å²) in [6.45, 7) is 0. The Balaban J connectivity index is 2.21. The van der Waals surface area contributed by atoms with Crippen molar-refractivity contribution in [2.45, 2.75) is 0 Å². The van der Waals surface area contributed by atoms with Crippen molar-refractivity contribution in [2.24, 2.45) is 4.99 Å². The lowest BCUT2D eigenvalue weighted by Crippen LogP contribution is -2.06. The van der Waals surface area contributed by atoms with Crippen LogP contribution in [0.5, 0.6) is 5.75 Å². The molecule has 3 nitrogen and oxygen atoms in total. The summed E-state index contributed by atoms with van der Waals surface area (Å²) in [5.74, 6) is 1.22. The highest BCUT2D eigenvalue weighted by Crippen LogP contribution is 2.30. The largest absolute Gasteiger partial charge is 0.496 e. The van der Waals surface area contributed by atoms with E-state index in [2.05, 4.69) is 4.99 Å². The average molecular weight is 326 g/mol. The summed E-state index contributed by atoms with van der Waals surface area (Å²) in [6.07, 6.45) is 0. The Hall–Kier alpha value is -2.52. The number of methoxy groups -OCH3 is 2. The molecule has 0 heterocycles. The van der Waals surface area contributed by atoms with E-state index in [4.69, 9.17) is 21.1 Å². The van der Waals surface area contributed by atoms with Gasteiger partial charge in [0, 0.05) is 5.02 Å². The molecule has 0 aliphatic carbocycles. The van der Waals surface area contributed by atoms with Gasteiger partial charge in [-0.25, -0.2) is 4.99 Å². The average Bonchev–Trinajstić information content (AvgIpc) is 2.60. The first-order valence-corrected chi connectivity index (χ1v) is 7.55. The van der Waals surface area contributed by atoms with Crippen molar-refractivity contribution < 1.29 is 9.47 Å². The minimum atomic E-state index is 0.501. The molecule has 0 atom stereocenters. The summed E-state index contributed by atoms with van der Waals surface area (Å²) in [7, 11) is 3.25. The van der Waals surface area contributed by atoms with E-state index in [1.165, 1.54) is 0 Å². The summed E-state index contributed by atoms with van der Waals surface area (Å²) >= 11 is 5.93. The van der Waals surface area contributed by atoms with Crippen molar-refractivity contribution in [1.82, 2.24) is 0 Å². The van der Waals surface area contributed by atoms with E-state index in [1.807, 2.05) is 48.5 Å². The zero-order chi connectivity index (χ0) is 16.2. The van der Waals surface area contributed by atoms with E-state index in [0.717, 1.165) is 27.8 Å². The maximum Gasteiger partial charge on any atom is 0.225 e. The molecule has 0 aliphatic heterocycles. The highest BCUT2D eigenvalue weighted by Gasteiger charge is 2.15. The second-order valence-corrected chi connectivity index (χ2v) is 5.40. The Bertz CT molecular complexity index is 857. The zero-order valence-corrected chi connectivity index (χ0v) is 13.7. The van der Waals surface area contributed by atoms with Gasteiger partial charge in [0.1, 0.15) is 5.75 Å². The molecule has 0 aromatic heterocycles. The molecule has 0 N–H and O–H groups in total. The van der Waals surface area contributed by atoms with Crippen molar-refractivity contribution in [3.05, 3.63) is 71.2 Å². The number of benzene rings is 3. The first-order chi connectivity index (χ1) is 11.2. The SMILES string of the molecule is COC(=Nc1ccc(Cl)cc1)c1c(OC)ccc2ccccc12. The number of ether oxygens (including phenoxy) is 2. The lowest BCUT2D eigenvalue weighted by molar-refractivity contribution is 0.391. The Morgan fingerprint density at radius 2 is 1.65 bits per heavy atom. The van der Waals surface area contributed by atoms with Gasteiger partial charge in [0.25, 0.3) is 0 Å². The van der Waals surface area contributed by atoms with Crippen LogP contribution < -0.4 is 4.74 Å². The molecule has 23 heavy (non-hydrogen) atoms. The third-order valence-corrected chi connectivity index (χ3v) is 3.83. The molecule has 3 aromatic rings. The Morgan fingerprint density at radius 3 is 2.35 bits per heavy atom. The number of nitrogens with zero attached hydrogens (tertiary/aromatic N) is 1. The van der Waals surface area contributed by atoms with Crippen LogP contribution in [0.1, 0.15) is 5.56 Å². The first kappa shape index (κ1) is 15.4. The quantitative estimate of drug-likeness (QED) is 0.488. The molecule has 0 amide bonds. The van der Waals surface area contributed by atoms with E-state index >= 15 is 0 Å². The molecule has 0 radical (unpaired) electrons. The van der Waals surface area contributed by atoms with Crippen LogP contribution in [-0.2, 0) is 4.74 Å². The molecule has 3 aromatic carbocycles. The Kier molecular flexibility index (Phi) is 4.49. The van der Waals surface area contributed by atoms with Crippen molar-refractivity contribution in [3.63, 3.8) is 0 Å². The van der Waals surface area contributed by atoms with Gasteiger partial charge >= 0.3 is 0 Å². The monoisotopic (exact) mass is 325 g/mol. The Morgan fingerprint density at radius 1 is 0.913 bits per heavy atom. The molecule has 116 valence electrons. The molecule has 0 bridgehead atoms. The maximum absolute atomic E-state index is 5.93. The molecular formula is C19H16ClNO2. The zero-order valence-electron chi connectivity index (χ0n) is 12.9. The predicted octanol–water partition coefficient (Wildman–Crippen LogP) is 5.23. The highest BCUT2D eigenvalue weighted by atomic mass is 35.5. The van der Waals surface area contributed by atoms with Crippen LogP contribution in [0.3, 0.4) is 0 Å². The third-order valence-electron chi connectivity index (χ3n) is 3.58. The lowest BCUT2D eigenvalue weighted by Gasteiger charge is -2.13. The van der Waals surface area contributed by atoms with Gasteiger partial charge in [0.05, 0.1) is 25.5 Å². The van der Waals surface area contributed by atoms with E-state index in [1.54, 1.807) is 26.4 Å². The molecule has 0 saturated carbocycles. The van der Waals surface area contributed by atoms with Gasteiger partial charge in [-0.05, 0) is 41.1 Å². The molecule has 3 rings (SSSR count). The summed E-state index contributed by atoms with van der Waals surface area (Å²) in [5.41, 5.74) is 1.60. The van der Waals surface area contributed by atoms with Gasteiger partial charge in [-0.1, -0.05) is 41.9 Å². The predicted molar refractivity (Wildman–Crippen MR) is 95.2 cm³/mol. The van der Waals surface area contributed by atoms with Crippen LogP contribution in [0.4, 0.5) is 5.69 Å². The summed E-state index contributed by atoms with van der Waals surface area (Å²) in [6, 6.07) is 19.3. The molecule has 0 spiro atoms. The van der Waals surface area contributed by atoms with E-state index in [9.17, 15) is 0 Å². The third kappa shape index (κ3) is 3.15. The van der Waals surface area contributed by atoms with Crippen molar-refractivity contribution in [2.75, 3.05) is 14.2 Å². The van der Waals surface area contributed by atoms with Crippen molar-refractivity contribution in [3.8, 4) is 5.75 Å². The topological polar surface area (TPSA) is 30.8 Å². The van der Waals surface area contributed by atoms with Crippen LogP contribution in [0, 0.1) is 0 Å². The number of halogens is 1. The number of hydrogen-bond donors (Lipinski definition) is 0. The van der Waals surface area contributed by atoms with Crippen molar-refractivity contribution >= 4 is 34.0 Å². The molecule has 0 saturated heterocycles. The standard InChI is InChI=1S/C19H16ClNO2/c1-22-17-12-7-13-5-3-4-6-16(13)18(17)19(23-2)21-15-10-8-14(20)9-11-15/h3-12H,1-2H3. The van der Waals surface area contributed by atoms with Gasteiger partial charge in [-0.3, -0.25) is 0 Å². The Labute approximate surface area is 140 Å². The maximum atomic E-state index is 5.93. The second kappa shape index (κ2) is 6.71. The minimum Gasteiger partial charge on any atom is -0.496 e. The van der Waals surface area contributed by atoms with E-state index in [0.29, 0.717) is 10.9 Å².